The molecule has 4 heterocycles. The molecule has 8 nitrogen and oxygen atoms in total. The molecule has 0 unspecified atom stereocenters. The Labute approximate surface area is 187 Å². The van der Waals surface area contributed by atoms with E-state index < -0.39 is 16.9 Å². The van der Waals surface area contributed by atoms with Crippen molar-refractivity contribution >= 4 is 54.8 Å². The Morgan fingerprint density at radius 2 is 2.23 bits per heavy atom. The average molecular weight is 457 g/mol. The predicted octanol–water partition coefficient (Wildman–Crippen LogP) is 2.81. The molecule has 31 heavy (non-hydrogen) atoms. The first-order chi connectivity index (χ1) is 14.6. The van der Waals surface area contributed by atoms with Crippen LogP contribution in [0.5, 0.6) is 5.75 Å². The second-order valence-corrected chi connectivity index (χ2v) is 10.9. The molecule has 0 spiro atoms. The molecule has 161 valence electrons. The third-order valence-electron chi connectivity index (χ3n) is 5.98. The number of aromatic nitrogens is 1. The van der Waals surface area contributed by atoms with Crippen LogP contribution in [0.25, 0.3) is 10.2 Å². The minimum absolute atomic E-state index is 0.222. The number of carbonyl (C=O) groups is 2. The highest BCUT2D eigenvalue weighted by molar-refractivity contribution is 7.22. The van der Waals surface area contributed by atoms with Crippen molar-refractivity contribution in [3.8, 4) is 5.75 Å². The van der Waals surface area contributed by atoms with Gasteiger partial charge in [-0.25, -0.2) is 9.78 Å². The lowest BCUT2D eigenvalue weighted by Gasteiger charge is -2.34. The van der Waals surface area contributed by atoms with Crippen molar-refractivity contribution in [2.45, 2.75) is 57.3 Å². The molecule has 3 amide bonds. The first-order valence-electron chi connectivity index (χ1n) is 10.3. The molecule has 1 aromatic carbocycles. The molecule has 1 aromatic heterocycles. The molecular weight excluding hydrogens is 432 g/mol. The van der Waals surface area contributed by atoms with Crippen molar-refractivity contribution < 1.29 is 23.6 Å². The molecule has 10 heteroatoms. The number of ether oxygens (including phenoxy) is 2. The van der Waals surface area contributed by atoms with Gasteiger partial charge >= 0.3 is 12.1 Å². The SMILES string of the molecule is CC1=[N+](C(=O)OC(C)(C)C)CC[C@H]2N(c3nc4c5c(ccc4s3)OCC5)C(=O)N[C@@]12[Si]. The first kappa shape index (κ1) is 20.4. The number of anilines is 1. The van der Waals surface area contributed by atoms with E-state index in [-0.39, 0.29) is 12.1 Å². The highest BCUT2D eigenvalue weighted by Gasteiger charge is 2.58. The van der Waals surface area contributed by atoms with Crippen molar-refractivity contribution in [2.24, 2.45) is 0 Å². The van der Waals surface area contributed by atoms with Crippen LogP contribution in [0.15, 0.2) is 12.1 Å². The molecule has 0 aliphatic carbocycles. The van der Waals surface area contributed by atoms with Gasteiger partial charge in [0.25, 0.3) is 0 Å². The first-order valence-corrected chi connectivity index (χ1v) is 11.7. The zero-order chi connectivity index (χ0) is 22.1. The molecule has 0 bridgehead atoms. The number of hydrogen-bond acceptors (Lipinski definition) is 6. The minimum Gasteiger partial charge on any atom is -0.493 e. The van der Waals surface area contributed by atoms with Crippen LogP contribution in [0.4, 0.5) is 14.7 Å². The fourth-order valence-corrected chi connectivity index (χ4v) is 6.04. The number of nitrogens with one attached hydrogen (secondary N) is 1. The third-order valence-corrected chi connectivity index (χ3v) is 7.82. The van der Waals surface area contributed by atoms with Crippen molar-refractivity contribution in [3.05, 3.63) is 17.7 Å². The van der Waals surface area contributed by atoms with Crippen LogP contribution in [0.3, 0.4) is 0 Å². The van der Waals surface area contributed by atoms with Crippen LogP contribution in [-0.2, 0) is 11.2 Å². The van der Waals surface area contributed by atoms with E-state index in [4.69, 9.17) is 14.5 Å². The van der Waals surface area contributed by atoms with Gasteiger partial charge in [0.2, 0.25) is 0 Å². The van der Waals surface area contributed by atoms with E-state index >= 15 is 0 Å². The summed E-state index contributed by atoms with van der Waals surface area (Å²) in [5, 5.41) is 2.80. The van der Waals surface area contributed by atoms with E-state index in [2.05, 4.69) is 15.6 Å². The fraction of sp³-hybridized carbons (Fsp3) is 0.524. The summed E-state index contributed by atoms with van der Waals surface area (Å²) < 4.78 is 13.8. The van der Waals surface area contributed by atoms with Gasteiger partial charge in [-0.15, -0.1) is 4.58 Å². The van der Waals surface area contributed by atoms with Crippen molar-refractivity contribution in [1.82, 2.24) is 10.3 Å². The molecule has 3 aliphatic rings. The van der Waals surface area contributed by atoms with E-state index in [0.29, 0.717) is 30.4 Å². The average Bonchev–Trinajstić information content (AvgIpc) is 3.35. The van der Waals surface area contributed by atoms with Crippen LogP contribution >= 0.6 is 11.3 Å². The quantitative estimate of drug-likeness (QED) is 0.527. The smallest absolute Gasteiger partial charge is 0.493 e. The molecule has 1 saturated heterocycles. The van der Waals surface area contributed by atoms with Crippen LogP contribution in [0, 0.1) is 0 Å². The molecule has 3 radical (unpaired) electrons. The monoisotopic (exact) mass is 456 g/mol. The summed E-state index contributed by atoms with van der Waals surface area (Å²) in [6, 6.07) is 3.51. The molecule has 3 aliphatic heterocycles. The van der Waals surface area contributed by atoms with Gasteiger partial charge in [0.05, 0.1) is 33.1 Å². The zero-order valence-electron chi connectivity index (χ0n) is 17.9. The van der Waals surface area contributed by atoms with Gasteiger partial charge in [-0.3, -0.25) is 4.90 Å². The number of carbonyl (C=O) groups excluding carboxylic acids is 2. The van der Waals surface area contributed by atoms with Crippen LogP contribution in [0.1, 0.15) is 39.7 Å². The number of nitrogens with zero attached hydrogens (tertiary/aromatic N) is 3. The second kappa shape index (κ2) is 6.77. The summed E-state index contributed by atoms with van der Waals surface area (Å²) in [6.07, 6.45) is 0.991. The maximum Gasteiger partial charge on any atom is 0.596 e. The summed E-state index contributed by atoms with van der Waals surface area (Å²) in [5.74, 6) is 0.875. The molecule has 5 rings (SSSR count). The van der Waals surface area contributed by atoms with E-state index in [1.807, 2.05) is 39.8 Å². The summed E-state index contributed by atoms with van der Waals surface area (Å²) in [5.41, 5.74) is 2.11. The number of rotatable bonds is 1. The summed E-state index contributed by atoms with van der Waals surface area (Å²) in [4.78, 5) is 32.4. The highest BCUT2D eigenvalue weighted by Crippen LogP contribution is 2.41. The number of benzene rings is 1. The summed E-state index contributed by atoms with van der Waals surface area (Å²) >= 11 is 1.50. The predicted molar refractivity (Wildman–Crippen MR) is 119 cm³/mol. The third kappa shape index (κ3) is 3.15. The molecule has 2 atom stereocenters. The van der Waals surface area contributed by atoms with Gasteiger partial charge in [-0.2, -0.15) is 4.79 Å². The Balaban J connectivity index is 1.51. The lowest BCUT2D eigenvalue weighted by atomic mass is 9.96. The minimum atomic E-state index is -0.880. The molecule has 0 saturated carbocycles. The summed E-state index contributed by atoms with van der Waals surface area (Å²) in [6.45, 7) is 8.47. The van der Waals surface area contributed by atoms with Gasteiger partial charge in [0, 0.05) is 25.3 Å². The molecule has 1 N–H and O–H groups in total. The number of fused-ring (bicyclic) bond motifs is 4. The lowest BCUT2D eigenvalue weighted by Crippen LogP contribution is -2.63. The van der Waals surface area contributed by atoms with E-state index in [0.717, 1.165) is 28.0 Å². The largest absolute Gasteiger partial charge is 0.596 e. The fourth-order valence-electron chi connectivity index (χ4n) is 4.48. The Morgan fingerprint density at radius 1 is 1.45 bits per heavy atom. The van der Waals surface area contributed by atoms with E-state index in [9.17, 15) is 9.59 Å². The van der Waals surface area contributed by atoms with E-state index in [1.165, 1.54) is 11.3 Å². The van der Waals surface area contributed by atoms with Crippen LogP contribution in [-0.4, -0.2) is 67.6 Å². The Kier molecular flexibility index (Phi) is 4.46. The lowest BCUT2D eigenvalue weighted by molar-refractivity contribution is -0.459. The Morgan fingerprint density at radius 3 is 2.97 bits per heavy atom. The number of hydrogen-bond donors (Lipinski definition) is 1. The molecular formula is C21H24N4O4SSi+. The van der Waals surface area contributed by atoms with Crippen molar-refractivity contribution in [1.29, 1.82) is 0 Å². The topological polar surface area (TPSA) is 83.8 Å². The van der Waals surface area contributed by atoms with Crippen molar-refractivity contribution in [3.63, 3.8) is 0 Å². The Hall–Kier alpha value is -2.46. The van der Waals surface area contributed by atoms with Crippen molar-refractivity contribution in [2.75, 3.05) is 18.1 Å². The Bertz CT molecular complexity index is 1150. The number of thiazole rings is 1. The normalized spacial score (nSPS) is 25.4. The second-order valence-electron chi connectivity index (χ2n) is 9.11. The van der Waals surface area contributed by atoms with E-state index in [1.54, 1.807) is 9.48 Å². The summed E-state index contributed by atoms with van der Waals surface area (Å²) in [7, 11) is 3.81. The van der Waals surface area contributed by atoms with Crippen LogP contribution < -0.4 is 15.0 Å². The molecule has 1 fully saturated rings. The maximum absolute atomic E-state index is 13.1. The molecule has 2 aromatic rings. The van der Waals surface area contributed by atoms with Gasteiger partial charge < -0.3 is 14.8 Å². The van der Waals surface area contributed by atoms with Gasteiger partial charge in [0.15, 0.2) is 17.4 Å². The maximum atomic E-state index is 13.1. The standard InChI is InChI=1S/C21H23N4O4SSi/c1-11-21(31)15(7-9-24(11)19(27)29-20(2,3)4)25(17(26)23-21)18-22-16-12-8-10-28-13(12)5-6-14(16)30-18/h5-6,15H,7-10H2,1-4H3/p+1/t15-,21-/m1/s1. The van der Waals surface area contributed by atoms with Gasteiger partial charge in [-0.05, 0) is 32.9 Å². The number of urea groups is 1. The highest BCUT2D eigenvalue weighted by atomic mass is 32.1. The number of amides is 3. The van der Waals surface area contributed by atoms with Gasteiger partial charge in [-0.1, -0.05) is 11.3 Å². The van der Waals surface area contributed by atoms with Crippen LogP contribution in [0.2, 0.25) is 0 Å². The van der Waals surface area contributed by atoms with Gasteiger partial charge in [0.1, 0.15) is 16.5 Å². The zero-order valence-corrected chi connectivity index (χ0v) is 19.8.